The van der Waals surface area contributed by atoms with Crippen LogP contribution in [-0.4, -0.2) is 16.6 Å². The fraction of sp³-hybridized carbons (Fsp3) is 0.0714. The summed E-state index contributed by atoms with van der Waals surface area (Å²) in [6.07, 6.45) is 0. The average molecular weight is 373 g/mol. The lowest BCUT2D eigenvalue weighted by Gasteiger charge is -2.08. The Bertz CT molecular complexity index is 807. The number of nitrogen functional groups attached to an aromatic ring is 2. The molecule has 0 aliphatic carbocycles. The number of amides is 1. The van der Waals surface area contributed by atoms with Gasteiger partial charge in [-0.1, -0.05) is 46.9 Å². The average Bonchev–Trinajstić information content (AvgIpc) is 2.53. The lowest BCUT2D eigenvalue weighted by atomic mass is 10.1. The number of nitrogens with zero attached hydrogens (tertiary/aromatic N) is 2. The smallest absolute Gasteiger partial charge is 0.291 e. The van der Waals surface area contributed by atoms with Crippen molar-refractivity contribution in [2.45, 2.75) is 6.92 Å². The molecule has 1 aromatic carbocycles. The molecule has 0 spiro atoms. The van der Waals surface area contributed by atoms with Crippen LogP contribution in [0.3, 0.4) is 0 Å². The SMILES string of the molecule is C/C(=N\NC(=O)c1nc(Cl)c(Cl)c(N)c1Cl)c1cccc(N)c1. The van der Waals surface area contributed by atoms with Gasteiger partial charge in [-0.25, -0.2) is 10.4 Å². The maximum Gasteiger partial charge on any atom is 0.291 e. The molecule has 0 saturated carbocycles. The number of nitrogens with two attached hydrogens (primary N) is 2. The predicted molar refractivity (Wildman–Crippen MR) is 94.2 cm³/mol. The van der Waals surface area contributed by atoms with Gasteiger partial charge in [0.15, 0.2) is 10.8 Å². The zero-order valence-corrected chi connectivity index (χ0v) is 14.2. The van der Waals surface area contributed by atoms with Gasteiger partial charge < -0.3 is 11.5 Å². The summed E-state index contributed by atoms with van der Waals surface area (Å²) in [6, 6.07) is 7.07. The van der Waals surface area contributed by atoms with Crippen molar-refractivity contribution in [1.82, 2.24) is 10.4 Å². The van der Waals surface area contributed by atoms with Crippen LogP contribution in [0.4, 0.5) is 11.4 Å². The number of hydrazone groups is 1. The quantitative estimate of drug-likeness (QED) is 0.332. The fourth-order valence-corrected chi connectivity index (χ4v) is 2.29. The molecule has 0 unspecified atom stereocenters. The van der Waals surface area contributed by atoms with Crippen LogP contribution in [0, 0.1) is 0 Å². The molecule has 5 N–H and O–H groups in total. The number of nitrogens with one attached hydrogen (secondary N) is 1. The van der Waals surface area contributed by atoms with Gasteiger partial charge in [0.05, 0.1) is 16.4 Å². The molecule has 0 bridgehead atoms. The molecule has 1 aromatic heterocycles. The van der Waals surface area contributed by atoms with Gasteiger partial charge in [-0.15, -0.1) is 0 Å². The summed E-state index contributed by atoms with van der Waals surface area (Å²) in [4.78, 5) is 16.0. The number of hydrogen-bond acceptors (Lipinski definition) is 5. The zero-order valence-electron chi connectivity index (χ0n) is 11.9. The fourth-order valence-electron chi connectivity index (χ4n) is 1.70. The Morgan fingerprint density at radius 1 is 1.22 bits per heavy atom. The molecule has 0 fully saturated rings. The Kier molecular flexibility index (Phi) is 5.30. The monoisotopic (exact) mass is 371 g/mol. The number of pyridine rings is 1. The van der Waals surface area contributed by atoms with Crippen molar-refractivity contribution >= 4 is 57.8 Å². The van der Waals surface area contributed by atoms with Crippen LogP contribution in [0.5, 0.6) is 0 Å². The molecule has 0 radical (unpaired) electrons. The van der Waals surface area contributed by atoms with E-state index in [1.165, 1.54) is 0 Å². The molecule has 2 rings (SSSR count). The van der Waals surface area contributed by atoms with Crippen LogP contribution in [0.1, 0.15) is 23.0 Å². The largest absolute Gasteiger partial charge is 0.399 e. The Balaban J connectivity index is 2.25. The summed E-state index contributed by atoms with van der Waals surface area (Å²) in [5, 5.41) is 3.77. The minimum Gasteiger partial charge on any atom is -0.399 e. The van der Waals surface area contributed by atoms with Crippen molar-refractivity contribution in [2.24, 2.45) is 5.10 Å². The zero-order chi connectivity index (χ0) is 17.1. The number of hydrogen-bond donors (Lipinski definition) is 3. The highest BCUT2D eigenvalue weighted by atomic mass is 35.5. The molecule has 0 aliphatic heterocycles. The molecule has 1 heterocycles. The first-order valence-corrected chi connectivity index (χ1v) is 7.45. The van der Waals surface area contributed by atoms with Crippen LogP contribution >= 0.6 is 34.8 Å². The number of anilines is 2. The van der Waals surface area contributed by atoms with Gasteiger partial charge in [0.2, 0.25) is 0 Å². The number of carbonyl (C=O) groups is 1. The lowest BCUT2D eigenvalue weighted by molar-refractivity contribution is 0.0950. The normalized spacial score (nSPS) is 11.4. The number of carbonyl (C=O) groups excluding carboxylic acids is 1. The summed E-state index contributed by atoms with van der Waals surface area (Å²) in [6.45, 7) is 1.72. The molecule has 23 heavy (non-hydrogen) atoms. The van der Waals surface area contributed by atoms with E-state index in [0.717, 1.165) is 5.56 Å². The standard InChI is InChI=1S/C14H12Cl3N5O/c1-6(7-3-2-4-8(18)5-7)21-22-14(23)12-9(15)11(19)10(16)13(17)20-12/h2-5H,18H2,1H3,(H2,19,20)(H,22,23)/b21-6+. The van der Waals surface area contributed by atoms with Crippen molar-refractivity contribution in [3.63, 3.8) is 0 Å². The Morgan fingerprint density at radius 2 is 1.91 bits per heavy atom. The van der Waals surface area contributed by atoms with E-state index >= 15 is 0 Å². The first-order chi connectivity index (χ1) is 10.8. The maximum atomic E-state index is 12.1. The minimum absolute atomic E-state index is 0.00680. The van der Waals surface area contributed by atoms with E-state index in [2.05, 4.69) is 15.5 Å². The second-order valence-electron chi connectivity index (χ2n) is 4.56. The summed E-state index contributed by atoms with van der Waals surface area (Å²) in [7, 11) is 0. The Morgan fingerprint density at radius 3 is 2.57 bits per heavy atom. The first kappa shape index (κ1) is 17.3. The molecular formula is C14H12Cl3N5O. The van der Waals surface area contributed by atoms with Gasteiger partial charge in [-0.2, -0.15) is 5.10 Å². The number of aromatic nitrogens is 1. The van der Waals surface area contributed by atoms with Gasteiger partial charge in [0, 0.05) is 5.69 Å². The molecule has 0 atom stereocenters. The van der Waals surface area contributed by atoms with Crippen LogP contribution in [-0.2, 0) is 0 Å². The highest BCUT2D eigenvalue weighted by molar-refractivity contribution is 6.46. The molecular weight excluding hydrogens is 361 g/mol. The highest BCUT2D eigenvalue weighted by Gasteiger charge is 2.19. The second kappa shape index (κ2) is 7.04. The van der Waals surface area contributed by atoms with Crippen molar-refractivity contribution < 1.29 is 4.79 Å². The van der Waals surface area contributed by atoms with E-state index in [1.807, 2.05) is 6.07 Å². The molecule has 0 aliphatic rings. The number of halogens is 3. The number of rotatable bonds is 3. The number of benzene rings is 1. The van der Waals surface area contributed by atoms with Crippen molar-refractivity contribution in [2.75, 3.05) is 11.5 Å². The lowest BCUT2D eigenvalue weighted by Crippen LogP contribution is -2.21. The Hall–Kier alpha value is -2.02. The maximum absolute atomic E-state index is 12.1. The summed E-state index contributed by atoms with van der Waals surface area (Å²) >= 11 is 17.6. The predicted octanol–water partition coefficient (Wildman–Crippen LogP) is 3.36. The van der Waals surface area contributed by atoms with Gasteiger partial charge in [-0.05, 0) is 24.6 Å². The van der Waals surface area contributed by atoms with Gasteiger partial charge in [-0.3, -0.25) is 4.79 Å². The second-order valence-corrected chi connectivity index (χ2v) is 5.67. The van der Waals surface area contributed by atoms with E-state index in [0.29, 0.717) is 11.4 Å². The first-order valence-electron chi connectivity index (χ1n) is 6.31. The highest BCUT2D eigenvalue weighted by Crippen LogP contribution is 2.34. The molecule has 120 valence electrons. The topological polar surface area (TPSA) is 106 Å². The van der Waals surface area contributed by atoms with Crippen molar-refractivity contribution in [3.8, 4) is 0 Å². The summed E-state index contributed by atoms with van der Waals surface area (Å²) in [5.74, 6) is -0.663. The van der Waals surface area contributed by atoms with Crippen molar-refractivity contribution in [1.29, 1.82) is 0 Å². The third-order valence-electron chi connectivity index (χ3n) is 2.92. The van der Waals surface area contributed by atoms with Crippen LogP contribution in [0.25, 0.3) is 0 Å². The van der Waals surface area contributed by atoms with Crippen LogP contribution in [0.2, 0.25) is 15.2 Å². The summed E-state index contributed by atoms with van der Waals surface area (Å²) in [5.41, 5.74) is 15.4. The van der Waals surface area contributed by atoms with Gasteiger partial charge >= 0.3 is 0 Å². The molecule has 6 nitrogen and oxygen atoms in total. The third kappa shape index (κ3) is 3.85. The molecule has 2 aromatic rings. The third-order valence-corrected chi connectivity index (χ3v) is 4.05. The van der Waals surface area contributed by atoms with E-state index in [1.54, 1.807) is 25.1 Å². The summed E-state index contributed by atoms with van der Waals surface area (Å²) < 4.78 is 0. The molecule has 0 saturated heterocycles. The van der Waals surface area contributed by atoms with E-state index in [4.69, 9.17) is 46.3 Å². The van der Waals surface area contributed by atoms with Crippen LogP contribution < -0.4 is 16.9 Å². The van der Waals surface area contributed by atoms with Gasteiger partial charge in [0.1, 0.15) is 5.02 Å². The van der Waals surface area contributed by atoms with E-state index in [9.17, 15) is 4.79 Å². The van der Waals surface area contributed by atoms with E-state index in [-0.39, 0.29) is 26.6 Å². The van der Waals surface area contributed by atoms with Crippen LogP contribution in [0.15, 0.2) is 29.4 Å². The van der Waals surface area contributed by atoms with E-state index < -0.39 is 5.91 Å². The van der Waals surface area contributed by atoms with Crippen molar-refractivity contribution in [3.05, 3.63) is 50.7 Å². The Labute approximate surface area is 147 Å². The molecule has 9 heteroatoms. The molecule has 1 amide bonds. The minimum atomic E-state index is -0.663. The van der Waals surface area contributed by atoms with Gasteiger partial charge in [0.25, 0.3) is 5.91 Å².